The van der Waals surface area contributed by atoms with Gasteiger partial charge in [0.2, 0.25) is 5.91 Å². The van der Waals surface area contributed by atoms with Crippen molar-refractivity contribution in [3.05, 3.63) is 22.8 Å². The number of hydrogen-bond acceptors (Lipinski definition) is 6. The zero-order valence-corrected chi connectivity index (χ0v) is 18.7. The van der Waals surface area contributed by atoms with Gasteiger partial charge in [0.15, 0.2) is 5.69 Å². The van der Waals surface area contributed by atoms with Gasteiger partial charge in [0.1, 0.15) is 12.1 Å². The van der Waals surface area contributed by atoms with Crippen LogP contribution in [0.2, 0.25) is 0 Å². The summed E-state index contributed by atoms with van der Waals surface area (Å²) in [4.78, 5) is 34.6. The number of rotatable bonds is 7. The first kappa shape index (κ1) is 25.2. The average Bonchev–Trinajstić information content (AvgIpc) is 2.73. The van der Waals surface area contributed by atoms with Crippen LogP contribution in [0.5, 0.6) is 0 Å². The fourth-order valence-electron chi connectivity index (χ4n) is 4.45. The smallest absolute Gasteiger partial charge is 0.433 e. The minimum atomic E-state index is -4.59. The predicted molar refractivity (Wildman–Crippen MR) is 111 cm³/mol. The van der Waals surface area contributed by atoms with Gasteiger partial charge in [-0.05, 0) is 18.8 Å². The molecule has 1 unspecified atom stereocenters. The lowest BCUT2D eigenvalue weighted by Crippen LogP contribution is -2.51. The Hall–Kier alpha value is -2.47. The lowest BCUT2D eigenvalue weighted by molar-refractivity contribution is -0.142. The summed E-state index contributed by atoms with van der Waals surface area (Å²) in [6.45, 7) is 4.46. The molecule has 0 spiro atoms. The fraction of sp³-hybridized carbons (Fsp3) is 0.714. The molecule has 1 aromatic heterocycles. The largest absolute Gasteiger partial charge is 0.465 e. The summed E-state index contributed by atoms with van der Waals surface area (Å²) < 4.78 is 40.4. The molecule has 2 aliphatic rings. The summed E-state index contributed by atoms with van der Waals surface area (Å²) in [6.07, 6.45) is -5.57. The van der Waals surface area contributed by atoms with Crippen molar-refractivity contribution in [2.24, 2.45) is 5.92 Å². The summed E-state index contributed by atoms with van der Waals surface area (Å²) in [6, 6.07) is -0.726. The third-order valence-corrected chi connectivity index (χ3v) is 6.15. The van der Waals surface area contributed by atoms with Crippen molar-refractivity contribution in [1.29, 1.82) is 0 Å². The minimum absolute atomic E-state index is 0.00539. The van der Waals surface area contributed by atoms with Crippen molar-refractivity contribution in [2.75, 3.05) is 19.6 Å². The van der Waals surface area contributed by atoms with Gasteiger partial charge in [-0.1, -0.05) is 13.8 Å². The van der Waals surface area contributed by atoms with Gasteiger partial charge in [-0.25, -0.2) is 14.8 Å². The molecular formula is C21H30F3N5O4. The molecule has 2 amide bonds. The Morgan fingerprint density at radius 2 is 2.03 bits per heavy atom. The third kappa shape index (κ3) is 6.32. The first-order valence-electron chi connectivity index (χ1n) is 11.1. The Bertz CT molecular complexity index is 882. The molecule has 3 N–H and O–H groups in total. The molecule has 0 bridgehead atoms. The van der Waals surface area contributed by atoms with E-state index in [1.807, 2.05) is 6.92 Å². The van der Waals surface area contributed by atoms with Crippen LogP contribution in [0, 0.1) is 5.92 Å². The van der Waals surface area contributed by atoms with Gasteiger partial charge < -0.3 is 20.4 Å². The number of carbonyl (C=O) groups is 2. The van der Waals surface area contributed by atoms with Crippen molar-refractivity contribution >= 4 is 12.0 Å². The molecule has 0 aromatic carbocycles. The van der Waals surface area contributed by atoms with Crippen LogP contribution in [-0.2, 0) is 30.4 Å². The topological polar surface area (TPSA) is 119 Å². The van der Waals surface area contributed by atoms with Crippen LogP contribution in [-0.4, -0.2) is 73.9 Å². The maximum absolute atomic E-state index is 13.5. The maximum atomic E-state index is 13.5. The Morgan fingerprint density at radius 3 is 2.67 bits per heavy atom. The summed E-state index contributed by atoms with van der Waals surface area (Å²) in [7, 11) is 0. The number of aliphatic hydroxyl groups is 1. The number of alkyl halides is 3. The Labute approximate surface area is 190 Å². The number of hydrogen-bond donors (Lipinski definition) is 3. The van der Waals surface area contributed by atoms with Crippen LogP contribution in [0.25, 0.3) is 0 Å². The Kier molecular flexibility index (Phi) is 7.78. The molecule has 0 aliphatic carbocycles. The molecule has 0 radical (unpaired) electrons. The van der Waals surface area contributed by atoms with E-state index in [9.17, 15) is 33.0 Å². The lowest BCUT2D eigenvalue weighted by atomic mass is 9.98. The van der Waals surface area contributed by atoms with E-state index in [0.717, 1.165) is 6.42 Å². The van der Waals surface area contributed by atoms with Crippen molar-refractivity contribution < 1.29 is 33.0 Å². The first-order chi connectivity index (χ1) is 15.5. The van der Waals surface area contributed by atoms with Crippen LogP contribution < -0.4 is 5.32 Å². The van der Waals surface area contributed by atoms with Crippen molar-refractivity contribution in [3.63, 3.8) is 0 Å². The first-order valence-corrected chi connectivity index (χ1v) is 11.1. The van der Waals surface area contributed by atoms with E-state index >= 15 is 0 Å². The number of likely N-dealkylation sites (tertiary alicyclic amines) is 1. The highest BCUT2D eigenvalue weighted by molar-refractivity contribution is 5.77. The van der Waals surface area contributed by atoms with Crippen molar-refractivity contribution in [3.8, 4) is 0 Å². The summed E-state index contributed by atoms with van der Waals surface area (Å²) in [5, 5.41) is 22.4. The summed E-state index contributed by atoms with van der Waals surface area (Å²) in [5.41, 5.74) is -0.667. The SMILES string of the molecule is CCc1nc2c(c(C(F)(F)F)n1)CCN(C(O)C[C@@H](CN1C[C@H](C)CCC1=O)NC(=O)O)C2. The standard InChI is InChI=1S/C21H30F3N5O4/c1-3-16-26-15-11-28(7-6-14(15)19(27-16)21(22,23)24)18(31)8-13(25-20(32)33)10-29-9-12(2)4-5-17(29)30/h12-13,18,25,31H,3-11H2,1-2H3,(H,32,33)/t12-,13+,18?/m1/s1. The second kappa shape index (κ2) is 10.2. The van der Waals surface area contributed by atoms with Crippen LogP contribution in [0.4, 0.5) is 18.0 Å². The second-order valence-corrected chi connectivity index (χ2v) is 8.79. The molecule has 184 valence electrons. The monoisotopic (exact) mass is 473 g/mol. The Balaban J connectivity index is 1.73. The van der Waals surface area contributed by atoms with Crippen molar-refractivity contribution in [2.45, 2.75) is 70.9 Å². The quantitative estimate of drug-likeness (QED) is 0.554. The number of amides is 2. The van der Waals surface area contributed by atoms with Crippen LogP contribution in [0.3, 0.4) is 0 Å². The summed E-state index contributed by atoms with van der Waals surface area (Å²) in [5.74, 6) is 0.322. The number of carbonyl (C=O) groups excluding carboxylic acids is 1. The molecular weight excluding hydrogens is 443 g/mol. The average molecular weight is 473 g/mol. The number of nitrogens with one attached hydrogen (secondary N) is 1. The van der Waals surface area contributed by atoms with E-state index in [4.69, 9.17) is 0 Å². The van der Waals surface area contributed by atoms with E-state index < -0.39 is 30.2 Å². The van der Waals surface area contributed by atoms with Gasteiger partial charge in [-0.3, -0.25) is 9.69 Å². The number of fused-ring (bicyclic) bond motifs is 1. The zero-order chi connectivity index (χ0) is 24.3. The molecule has 3 heterocycles. The third-order valence-electron chi connectivity index (χ3n) is 6.15. The Morgan fingerprint density at radius 1 is 1.30 bits per heavy atom. The van der Waals surface area contributed by atoms with E-state index in [1.54, 1.807) is 16.7 Å². The number of halogens is 3. The van der Waals surface area contributed by atoms with E-state index in [-0.39, 0.29) is 61.9 Å². The van der Waals surface area contributed by atoms with Gasteiger partial charge in [-0.2, -0.15) is 13.2 Å². The molecule has 1 aromatic rings. The number of aromatic nitrogens is 2. The highest BCUT2D eigenvalue weighted by Crippen LogP contribution is 2.34. The van der Waals surface area contributed by atoms with E-state index in [2.05, 4.69) is 15.3 Å². The number of aliphatic hydroxyl groups excluding tert-OH is 1. The fourth-order valence-corrected chi connectivity index (χ4v) is 4.45. The van der Waals surface area contributed by atoms with Crippen LogP contribution in [0.1, 0.15) is 55.9 Å². The normalized spacial score (nSPS) is 21.5. The molecule has 3 atom stereocenters. The maximum Gasteiger partial charge on any atom is 0.433 e. The van der Waals surface area contributed by atoms with E-state index in [0.29, 0.717) is 18.9 Å². The van der Waals surface area contributed by atoms with Gasteiger partial charge in [-0.15, -0.1) is 0 Å². The van der Waals surface area contributed by atoms with Crippen LogP contribution in [0.15, 0.2) is 0 Å². The van der Waals surface area contributed by atoms with Crippen LogP contribution >= 0.6 is 0 Å². The number of carboxylic acid groups (broad SMARTS) is 1. The van der Waals surface area contributed by atoms with Crippen molar-refractivity contribution in [1.82, 2.24) is 25.1 Å². The molecule has 1 fully saturated rings. The minimum Gasteiger partial charge on any atom is -0.465 e. The van der Waals surface area contributed by atoms with Gasteiger partial charge in [0, 0.05) is 51.0 Å². The molecule has 9 nitrogen and oxygen atoms in total. The zero-order valence-electron chi connectivity index (χ0n) is 18.7. The molecule has 0 saturated carbocycles. The molecule has 2 aliphatic heterocycles. The second-order valence-electron chi connectivity index (χ2n) is 8.79. The number of piperidine rings is 1. The van der Waals surface area contributed by atoms with E-state index in [1.165, 1.54) is 0 Å². The highest BCUT2D eigenvalue weighted by atomic mass is 19.4. The molecule has 12 heteroatoms. The molecule has 3 rings (SSSR count). The van der Waals surface area contributed by atoms with Gasteiger partial charge in [0.25, 0.3) is 0 Å². The predicted octanol–water partition coefficient (Wildman–Crippen LogP) is 2.02. The highest BCUT2D eigenvalue weighted by Gasteiger charge is 2.39. The molecule has 33 heavy (non-hydrogen) atoms. The van der Waals surface area contributed by atoms with Gasteiger partial charge in [0.05, 0.1) is 11.7 Å². The lowest BCUT2D eigenvalue weighted by Gasteiger charge is -2.37. The number of aryl methyl sites for hydroxylation is 1. The number of nitrogens with zero attached hydrogens (tertiary/aromatic N) is 4. The molecule has 1 saturated heterocycles. The summed E-state index contributed by atoms with van der Waals surface area (Å²) >= 11 is 0. The van der Waals surface area contributed by atoms with Gasteiger partial charge >= 0.3 is 12.3 Å².